The zero-order valence-electron chi connectivity index (χ0n) is 13.5. The average molecular weight is 367 g/mol. The first-order valence-corrected chi connectivity index (χ1v) is 8.54. The molecular formula is C19H14FN3O2S. The fraction of sp³-hybridized carbons (Fsp3) is 0. The number of hydrogen-bond acceptors (Lipinski definition) is 4. The number of nitrogens with zero attached hydrogens (tertiary/aromatic N) is 1. The SMILES string of the molecule is O=C(N/N=C/c1cccs1)c1cccc(NC(=O)c2ccc(F)cc2)c1. The Labute approximate surface area is 153 Å². The third-order valence-corrected chi connectivity index (χ3v) is 4.20. The van der Waals surface area contributed by atoms with Crippen molar-refractivity contribution in [2.45, 2.75) is 0 Å². The molecule has 0 atom stereocenters. The molecule has 7 heteroatoms. The van der Waals surface area contributed by atoms with Crippen LogP contribution in [0.3, 0.4) is 0 Å². The molecule has 5 nitrogen and oxygen atoms in total. The Balaban J connectivity index is 1.64. The van der Waals surface area contributed by atoms with Gasteiger partial charge in [0.1, 0.15) is 5.82 Å². The third-order valence-electron chi connectivity index (χ3n) is 3.39. The standard InChI is InChI=1S/C19H14FN3O2S/c20-15-8-6-13(7-9-15)18(24)22-16-4-1-3-14(11-16)19(25)23-21-12-17-5-2-10-26-17/h1-12H,(H,22,24)(H,23,25)/b21-12+. The Kier molecular flexibility index (Phi) is 5.50. The Morgan fingerprint density at radius 3 is 2.50 bits per heavy atom. The maximum atomic E-state index is 12.9. The number of hydrogen-bond donors (Lipinski definition) is 2. The third kappa shape index (κ3) is 4.61. The highest BCUT2D eigenvalue weighted by Gasteiger charge is 2.09. The van der Waals surface area contributed by atoms with Crippen molar-refractivity contribution in [2.75, 3.05) is 5.32 Å². The molecule has 2 amide bonds. The second-order valence-electron chi connectivity index (χ2n) is 5.26. The molecule has 0 radical (unpaired) electrons. The second-order valence-corrected chi connectivity index (χ2v) is 6.24. The second kappa shape index (κ2) is 8.17. The highest BCUT2D eigenvalue weighted by atomic mass is 32.1. The molecule has 26 heavy (non-hydrogen) atoms. The molecule has 1 heterocycles. The number of halogens is 1. The van der Waals surface area contributed by atoms with E-state index in [-0.39, 0.29) is 0 Å². The van der Waals surface area contributed by atoms with E-state index < -0.39 is 17.6 Å². The quantitative estimate of drug-likeness (QED) is 0.530. The molecule has 0 saturated heterocycles. The van der Waals surface area contributed by atoms with Gasteiger partial charge in [0.25, 0.3) is 11.8 Å². The van der Waals surface area contributed by atoms with Crippen molar-refractivity contribution in [2.24, 2.45) is 5.10 Å². The van der Waals surface area contributed by atoms with E-state index >= 15 is 0 Å². The molecule has 0 aliphatic heterocycles. The van der Waals surface area contributed by atoms with E-state index in [1.54, 1.807) is 24.4 Å². The summed E-state index contributed by atoms with van der Waals surface area (Å²) in [5, 5.41) is 8.49. The lowest BCUT2D eigenvalue weighted by atomic mass is 10.1. The van der Waals surface area contributed by atoms with Gasteiger partial charge in [-0.3, -0.25) is 9.59 Å². The first-order valence-electron chi connectivity index (χ1n) is 7.66. The van der Waals surface area contributed by atoms with Gasteiger partial charge in [0, 0.05) is 21.7 Å². The molecule has 0 aliphatic rings. The molecule has 0 unspecified atom stereocenters. The van der Waals surface area contributed by atoms with Crippen LogP contribution >= 0.6 is 11.3 Å². The van der Waals surface area contributed by atoms with Gasteiger partial charge < -0.3 is 5.32 Å². The highest BCUT2D eigenvalue weighted by Crippen LogP contribution is 2.13. The smallest absolute Gasteiger partial charge is 0.271 e. The number of anilines is 1. The van der Waals surface area contributed by atoms with Crippen molar-refractivity contribution < 1.29 is 14.0 Å². The summed E-state index contributed by atoms with van der Waals surface area (Å²) >= 11 is 1.51. The van der Waals surface area contributed by atoms with Gasteiger partial charge in [-0.05, 0) is 53.9 Å². The van der Waals surface area contributed by atoms with E-state index in [0.717, 1.165) is 4.88 Å². The van der Waals surface area contributed by atoms with Crippen LogP contribution in [0.4, 0.5) is 10.1 Å². The molecule has 130 valence electrons. The number of hydrazone groups is 1. The molecule has 3 aromatic rings. The van der Waals surface area contributed by atoms with Crippen molar-refractivity contribution >= 4 is 35.1 Å². The fourth-order valence-electron chi connectivity index (χ4n) is 2.13. The van der Waals surface area contributed by atoms with Crippen molar-refractivity contribution in [1.82, 2.24) is 5.43 Å². The Bertz CT molecular complexity index is 938. The highest BCUT2D eigenvalue weighted by molar-refractivity contribution is 7.11. The van der Waals surface area contributed by atoms with Crippen molar-refractivity contribution in [3.63, 3.8) is 0 Å². The normalized spacial score (nSPS) is 10.7. The maximum absolute atomic E-state index is 12.9. The molecule has 0 aliphatic carbocycles. The topological polar surface area (TPSA) is 70.6 Å². The number of carbonyl (C=O) groups is 2. The van der Waals surface area contributed by atoms with Crippen LogP contribution in [0.15, 0.2) is 71.1 Å². The summed E-state index contributed by atoms with van der Waals surface area (Å²) in [5.74, 6) is -1.20. The van der Waals surface area contributed by atoms with Crippen LogP contribution in [-0.4, -0.2) is 18.0 Å². The Morgan fingerprint density at radius 2 is 1.77 bits per heavy atom. The van der Waals surface area contributed by atoms with Gasteiger partial charge >= 0.3 is 0 Å². The Hall–Kier alpha value is -3.32. The summed E-state index contributed by atoms with van der Waals surface area (Å²) in [4.78, 5) is 25.2. The number of amides is 2. The van der Waals surface area contributed by atoms with Crippen LogP contribution in [0, 0.1) is 5.82 Å². The summed E-state index contributed by atoms with van der Waals surface area (Å²) in [7, 11) is 0. The Morgan fingerprint density at radius 1 is 0.962 bits per heavy atom. The molecule has 1 aromatic heterocycles. The zero-order chi connectivity index (χ0) is 18.4. The predicted octanol–water partition coefficient (Wildman–Crippen LogP) is 3.90. The predicted molar refractivity (Wildman–Crippen MR) is 100 cm³/mol. The van der Waals surface area contributed by atoms with E-state index in [2.05, 4.69) is 15.8 Å². The minimum absolute atomic E-state index is 0.321. The van der Waals surface area contributed by atoms with Crippen LogP contribution in [0.5, 0.6) is 0 Å². The molecule has 2 N–H and O–H groups in total. The molecule has 0 fully saturated rings. The van der Waals surface area contributed by atoms with Crippen molar-refractivity contribution in [1.29, 1.82) is 0 Å². The van der Waals surface area contributed by atoms with Gasteiger partial charge in [0.15, 0.2) is 0 Å². The monoisotopic (exact) mass is 367 g/mol. The van der Waals surface area contributed by atoms with Gasteiger partial charge in [-0.15, -0.1) is 11.3 Å². The minimum Gasteiger partial charge on any atom is -0.322 e. The van der Waals surface area contributed by atoms with Crippen LogP contribution in [-0.2, 0) is 0 Å². The summed E-state index contributed by atoms with van der Waals surface area (Å²) in [6.45, 7) is 0. The van der Waals surface area contributed by atoms with Crippen molar-refractivity contribution in [3.8, 4) is 0 Å². The minimum atomic E-state index is -0.414. The van der Waals surface area contributed by atoms with Gasteiger partial charge in [-0.2, -0.15) is 5.10 Å². The summed E-state index contributed by atoms with van der Waals surface area (Å²) < 4.78 is 12.9. The molecule has 0 spiro atoms. The van der Waals surface area contributed by atoms with Gasteiger partial charge in [-0.25, -0.2) is 9.82 Å². The summed E-state index contributed by atoms with van der Waals surface area (Å²) in [6, 6.07) is 15.4. The van der Waals surface area contributed by atoms with E-state index in [0.29, 0.717) is 16.8 Å². The summed E-state index contributed by atoms with van der Waals surface area (Å²) in [5.41, 5.74) is 3.56. The van der Waals surface area contributed by atoms with Crippen LogP contribution in [0.1, 0.15) is 25.6 Å². The molecule has 0 bridgehead atoms. The van der Waals surface area contributed by atoms with E-state index in [1.807, 2.05) is 17.5 Å². The van der Waals surface area contributed by atoms with Crippen molar-refractivity contribution in [3.05, 3.63) is 87.9 Å². The molecule has 3 rings (SSSR count). The number of nitrogens with one attached hydrogen (secondary N) is 2. The number of carbonyl (C=O) groups excluding carboxylic acids is 2. The lowest BCUT2D eigenvalue weighted by Crippen LogP contribution is -2.18. The van der Waals surface area contributed by atoms with E-state index in [9.17, 15) is 14.0 Å². The summed E-state index contributed by atoms with van der Waals surface area (Å²) in [6.07, 6.45) is 1.56. The van der Waals surface area contributed by atoms with Crippen LogP contribution in [0.25, 0.3) is 0 Å². The van der Waals surface area contributed by atoms with E-state index in [1.165, 1.54) is 41.7 Å². The molecular weight excluding hydrogens is 353 g/mol. The number of benzene rings is 2. The first-order chi connectivity index (χ1) is 12.6. The van der Waals surface area contributed by atoms with Crippen LogP contribution < -0.4 is 10.7 Å². The molecule has 2 aromatic carbocycles. The molecule has 0 saturated carbocycles. The van der Waals surface area contributed by atoms with E-state index in [4.69, 9.17) is 0 Å². The fourth-order valence-corrected chi connectivity index (χ4v) is 2.71. The first kappa shape index (κ1) is 17.5. The largest absolute Gasteiger partial charge is 0.322 e. The van der Waals surface area contributed by atoms with Gasteiger partial charge in [0.05, 0.1) is 6.21 Å². The lowest BCUT2D eigenvalue weighted by molar-refractivity contribution is 0.0953. The van der Waals surface area contributed by atoms with Gasteiger partial charge in [-0.1, -0.05) is 12.1 Å². The number of thiophene rings is 1. The number of rotatable bonds is 5. The zero-order valence-corrected chi connectivity index (χ0v) is 14.3. The van der Waals surface area contributed by atoms with Gasteiger partial charge in [0.2, 0.25) is 0 Å². The van der Waals surface area contributed by atoms with Crippen LogP contribution in [0.2, 0.25) is 0 Å². The average Bonchev–Trinajstić information content (AvgIpc) is 3.16. The lowest BCUT2D eigenvalue weighted by Gasteiger charge is -2.07. The maximum Gasteiger partial charge on any atom is 0.271 e.